The summed E-state index contributed by atoms with van der Waals surface area (Å²) in [7, 11) is -1.71. The molecule has 146 valence electrons. The minimum atomic E-state index is -3.23. The fourth-order valence-electron chi connectivity index (χ4n) is 2.24. The van der Waals surface area contributed by atoms with E-state index in [0.29, 0.717) is 23.8 Å². The van der Waals surface area contributed by atoms with Crippen LogP contribution in [0.1, 0.15) is 12.5 Å². The van der Waals surface area contributed by atoms with Gasteiger partial charge in [-0.25, -0.2) is 12.7 Å². The van der Waals surface area contributed by atoms with Crippen LogP contribution >= 0.6 is 0 Å². The van der Waals surface area contributed by atoms with Gasteiger partial charge in [-0.1, -0.05) is 18.2 Å². The van der Waals surface area contributed by atoms with Crippen LogP contribution in [0.5, 0.6) is 11.5 Å². The molecule has 1 N–H and O–H groups in total. The lowest BCUT2D eigenvalue weighted by Crippen LogP contribution is -2.24. The molecule has 0 aromatic heterocycles. The van der Waals surface area contributed by atoms with Crippen molar-refractivity contribution in [1.82, 2.24) is 4.31 Å². The Labute approximate surface area is 160 Å². The van der Waals surface area contributed by atoms with Gasteiger partial charge in [-0.3, -0.25) is 4.79 Å². The average Bonchev–Trinajstić information content (AvgIpc) is 2.61. The third-order valence-electron chi connectivity index (χ3n) is 3.69. The van der Waals surface area contributed by atoms with E-state index in [9.17, 15) is 13.2 Å². The van der Waals surface area contributed by atoms with Crippen LogP contribution in [0.3, 0.4) is 0 Å². The van der Waals surface area contributed by atoms with Gasteiger partial charge in [-0.15, -0.1) is 0 Å². The molecule has 0 spiro atoms. The lowest BCUT2D eigenvalue weighted by molar-refractivity contribution is -0.118. The smallest absolute Gasteiger partial charge is 0.262 e. The molecular formula is C19H24N2O5S. The summed E-state index contributed by atoms with van der Waals surface area (Å²) < 4.78 is 35.0. The third kappa shape index (κ3) is 6.92. The monoisotopic (exact) mass is 392 g/mol. The number of benzene rings is 2. The summed E-state index contributed by atoms with van der Waals surface area (Å²) in [4.78, 5) is 12.0. The van der Waals surface area contributed by atoms with Crippen LogP contribution in [0.15, 0.2) is 48.5 Å². The summed E-state index contributed by atoms with van der Waals surface area (Å²) in [6.07, 6.45) is 1.16. The highest BCUT2D eigenvalue weighted by Gasteiger charge is 2.11. The average molecular weight is 392 g/mol. The molecular weight excluding hydrogens is 368 g/mol. The lowest BCUT2D eigenvalue weighted by Gasteiger charge is -2.14. The zero-order chi connectivity index (χ0) is 19.9. The molecule has 8 heteroatoms. The number of hydrogen-bond acceptors (Lipinski definition) is 5. The minimum Gasteiger partial charge on any atom is -0.494 e. The Hall–Kier alpha value is -2.58. The molecule has 0 radical (unpaired) electrons. The Morgan fingerprint density at radius 3 is 2.41 bits per heavy atom. The number of ether oxygens (including phenoxy) is 2. The Kier molecular flexibility index (Phi) is 7.20. The predicted molar refractivity (Wildman–Crippen MR) is 104 cm³/mol. The van der Waals surface area contributed by atoms with Gasteiger partial charge in [0.15, 0.2) is 6.61 Å². The van der Waals surface area contributed by atoms with E-state index in [0.717, 1.165) is 11.8 Å². The lowest BCUT2D eigenvalue weighted by atomic mass is 10.2. The molecule has 1 amide bonds. The van der Waals surface area contributed by atoms with E-state index in [1.165, 1.54) is 11.4 Å². The van der Waals surface area contributed by atoms with E-state index in [2.05, 4.69) is 5.32 Å². The van der Waals surface area contributed by atoms with Crippen molar-refractivity contribution in [3.63, 3.8) is 0 Å². The minimum absolute atomic E-state index is 0.137. The normalized spacial score (nSPS) is 11.3. The number of nitrogens with zero attached hydrogens (tertiary/aromatic N) is 1. The molecule has 0 bridgehead atoms. The fourth-order valence-corrected chi connectivity index (χ4v) is 2.63. The Balaban J connectivity index is 1.85. The highest BCUT2D eigenvalue weighted by molar-refractivity contribution is 7.88. The van der Waals surface area contributed by atoms with Crippen molar-refractivity contribution in [3.05, 3.63) is 54.1 Å². The molecule has 0 heterocycles. The number of carbonyl (C=O) groups is 1. The van der Waals surface area contributed by atoms with E-state index in [1.54, 1.807) is 42.5 Å². The predicted octanol–water partition coefficient (Wildman–Crippen LogP) is 2.49. The summed E-state index contributed by atoms with van der Waals surface area (Å²) in [6, 6.07) is 14.1. The van der Waals surface area contributed by atoms with Crippen molar-refractivity contribution in [2.75, 3.05) is 31.8 Å². The first-order chi connectivity index (χ1) is 12.8. The first-order valence-electron chi connectivity index (χ1n) is 8.43. The van der Waals surface area contributed by atoms with E-state index < -0.39 is 10.0 Å². The number of sulfonamides is 1. The number of carbonyl (C=O) groups excluding carboxylic acids is 1. The quantitative estimate of drug-likeness (QED) is 0.709. The molecule has 7 nitrogen and oxygen atoms in total. The van der Waals surface area contributed by atoms with E-state index in [4.69, 9.17) is 9.47 Å². The number of nitrogens with one attached hydrogen (secondary N) is 1. The summed E-state index contributed by atoms with van der Waals surface area (Å²) in [5.41, 5.74) is 1.46. The van der Waals surface area contributed by atoms with Crippen LogP contribution in [0.2, 0.25) is 0 Å². The maximum atomic E-state index is 12.0. The summed E-state index contributed by atoms with van der Waals surface area (Å²) in [6.45, 7) is 2.58. The van der Waals surface area contributed by atoms with Gasteiger partial charge < -0.3 is 14.8 Å². The SMILES string of the molecule is CCOc1cccc(NC(=O)COc2ccc(CN(C)S(C)(=O)=O)cc2)c1. The molecule has 0 aliphatic rings. The maximum absolute atomic E-state index is 12.0. The molecule has 2 aromatic carbocycles. The first kappa shape index (κ1) is 20.7. The first-order valence-corrected chi connectivity index (χ1v) is 10.3. The molecule has 0 aliphatic heterocycles. The Morgan fingerprint density at radius 1 is 1.07 bits per heavy atom. The Bertz CT molecular complexity index is 866. The van der Waals surface area contributed by atoms with Gasteiger partial charge in [0.05, 0.1) is 12.9 Å². The van der Waals surface area contributed by atoms with Gasteiger partial charge in [-0.2, -0.15) is 0 Å². The molecule has 0 unspecified atom stereocenters. The molecule has 2 aromatic rings. The highest BCUT2D eigenvalue weighted by atomic mass is 32.2. The van der Waals surface area contributed by atoms with Gasteiger partial charge in [0.25, 0.3) is 5.91 Å². The molecule has 2 rings (SSSR count). The van der Waals surface area contributed by atoms with Crippen molar-refractivity contribution >= 4 is 21.6 Å². The van der Waals surface area contributed by atoms with Crippen molar-refractivity contribution in [2.45, 2.75) is 13.5 Å². The molecule has 0 saturated carbocycles. The van der Waals surface area contributed by atoms with Crippen molar-refractivity contribution < 1.29 is 22.7 Å². The van der Waals surface area contributed by atoms with Crippen LogP contribution in [-0.4, -0.2) is 45.1 Å². The van der Waals surface area contributed by atoms with Gasteiger partial charge in [-0.05, 0) is 36.8 Å². The standard InChI is InChI=1S/C19H24N2O5S/c1-4-25-18-7-5-6-16(12-18)20-19(22)14-26-17-10-8-15(9-11-17)13-21(2)27(3,23)24/h5-12H,4,13-14H2,1-3H3,(H,20,22). The van der Waals surface area contributed by atoms with E-state index in [1.807, 2.05) is 13.0 Å². The molecule has 27 heavy (non-hydrogen) atoms. The molecule has 0 aliphatic carbocycles. The number of hydrogen-bond donors (Lipinski definition) is 1. The fraction of sp³-hybridized carbons (Fsp3) is 0.316. The highest BCUT2D eigenvalue weighted by Crippen LogP contribution is 2.18. The Morgan fingerprint density at radius 2 is 1.78 bits per heavy atom. The number of rotatable bonds is 9. The second kappa shape index (κ2) is 9.38. The second-order valence-electron chi connectivity index (χ2n) is 5.96. The van der Waals surface area contributed by atoms with Crippen LogP contribution in [0.25, 0.3) is 0 Å². The summed E-state index contributed by atoms with van der Waals surface area (Å²) >= 11 is 0. The van der Waals surface area contributed by atoms with Crippen LogP contribution in [0, 0.1) is 0 Å². The molecule has 0 atom stereocenters. The number of amides is 1. The zero-order valence-corrected chi connectivity index (χ0v) is 16.5. The van der Waals surface area contributed by atoms with Crippen molar-refractivity contribution in [1.29, 1.82) is 0 Å². The third-order valence-corrected chi connectivity index (χ3v) is 4.95. The van der Waals surface area contributed by atoms with Gasteiger partial charge in [0.2, 0.25) is 10.0 Å². The van der Waals surface area contributed by atoms with Gasteiger partial charge >= 0.3 is 0 Å². The number of anilines is 1. The molecule has 0 saturated heterocycles. The molecule has 0 fully saturated rings. The van der Waals surface area contributed by atoms with Gasteiger partial charge in [0.1, 0.15) is 11.5 Å². The van der Waals surface area contributed by atoms with E-state index in [-0.39, 0.29) is 19.1 Å². The zero-order valence-electron chi connectivity index (χ0n) is 15.6. The largest absolute Gasteiger partial charge is 0.494 e. The maximum Gasteiger partial charge on any atom is 0.262 e. The second-order valence-corrected chi connectivity index (χ2v) is 8.05. The van der Waals surface area contributed by atoms with Crippen LogP contribution in [0.4, 0.5) is 5.69 Å². The van der Waals surface area contributed by atoms with Crippen molar-refractivity contribution in [2.24, 2.45) is 0 Å². The summed E-state index contributed by atoms with van der Waals surface area (Å²) in [5.74, 6) is 0.925. The summed E-state index contributed by atoms with van der Waals surface area (Å²) in [5, 5.41) is 2.75. The van der Waals surface area contributed by atoms with E-state index >= 15 is 0 Å². The van der Waals surface area contributed by atoms with Crippen LogP contribution in [-0.2, 0) is 21.4 Å². The van der Waals surface area contributed by atoms with Crippen molar-refractivity contribution in [3.8, 4) is 11.5 Å². The van der Waals surface area contributed by atoms with Gasteiger partial charge in [0, 0.05) is 25.3 Å². The van der Waals surface area contributed by atoms with Crippen LogP contribution < -0.4 is 14.8 Å². The topological polar surface area (TPSA) is 84.9 Å².